The number of hydrogen-bond donors (Lipinski definition) is 0. The molecule has 0 unspecified atom stereocenters. The van der Waals surface area contributed by atoms with Crippen LogP contribution in [-0.4, -0.2) is 8.07 Å². The van der Waals surface area contributed by atoms with Crippen LogP contribution in [0.1, 0.15) is 24.5 Å². The molecule has 0 nitrogen and oxygen atoms in total. The molecule has 2 aliphatic rings. The van der Waals surface area contributed by atoms with Gasteiger partial charge < -0.3 is 0 Å². The Morgan fingerprint density at radius 1 is 1.21 bits per heavy atom. The van der Waals surface area contributed by atoms with Gasteiger partial charge in [-0.05, 0) is 27.9 Å². The molecule has 1 aromatic carbocycles. The summed E-state index contributed by atoms with van der Waals surface area (Å²) in [7, 11) is -1.18. The summed E-state index contributed by atoms with van der Waals surface area (Å²) < 4.78 is 0. The molecule has 1 radical (unpaired) electrons. The van der Waals surface area contributed by atoms with Crippen molar-refractivity contribution in [2.75, 3.05) is 0 Å². The quantitative estimate of drug-likeness (QED) is 0.610. The zero-order chi connectivity index (χ0) is 9.92. The first kappa shape index (κ1) is 8.48. The Hall–Kier alpha value is -0.823. The third-order valence-electron chi connectivity index (χ3n) is 3.68. The van der Waals surface area contributed by atoms with E-state index in [1.807, 2.05) is 0 Å². The van der Waals surface area contributed by atoms with Crippen LogP contribution in [0, 0.1) is 6.42 Å². The highest BCUT2D eigenvalue weighted by atomic mass is 28.3. The van der Waals surface area contributed by atoms with Gasteiger partial charge in [-0.15, -0.1) is 0 Å². The van der Waals surface area contributed by atoms with Gasteiger partial charge in [-0.3, -0.25) is 0 Å². The molecule has 0 amide bonds. The van der Waals surface area contributed by atoms with Crippen LogP contribution in [0.4, 0.5) is 0 Å². The molecule has 0 spiro atoms. The Labute approximate surface area is 86.7 Å². The van der Waals surface area contributed by atoms with Gasteiger partial charge in [0.1, 0.15) is 8.07 Å². The average molecular weight is 199 g/mol. The third-order valence-corrected chi connectivity index (χ3v) is 7.26. The zero-order valence-electron chi connectivity index (χ0n) is 9.02. The maximum atomic E-state index is 2.48. The summed E-state index contributed by atoms with van der Waals surface area (Å²) in [5, 5.41) is 3.41. The minimum Gasteiger partial charge on any atom is -0.0620 e. The Kier molecular flexibility index (Phi) is 1.45. The fraction of sp³-hybridized carbons (Fsp3) is 0.308. The van der Waals surface area contributed by atoms with Crippen LogP contribution in [0.5, 0.6) is 0 Å². The molecular formula is C13H15Si. The number of hydrogen-bond acceptors (Lipinski definition) is 0. The van der Waals surface area contributed by atoms with E-state index in [0.29, 0.717) is 0 Å². The van der Waals surface area contributed by atoms with Crippen LogP contribution in [0.15, 0.2) is 23.8 Å². The van der Waals surface area contributed by atoms with Crippen LogP contribution in [0.3, 0.4) is 0 Å². The van der Waals surface area contributed by atoms with E-state index in [4.69, 9.17) is 0 Å². The predicted molar refractivity (Wildman–Crippen MR) is 64.2 cm³/mol. The molecular weight excluding hydrogens is 184 g/mol. The molecule has 1 heteroatoms. The van der Waals surface area contributed by atoms with Crippen LogP contribution < -0.4 is 5.19 Å². The van der Waals surface area contributed by atoms with Crippen LogP contribution in [-0.2, 0) is 0 Å². The summed E-state index contributed by atoms with van der Waals surface area (Å²) in [6, 6.07) is 6.81. The first-order valence-corrected chi connectivity index (χ1v) is 8.38. The van der Waals surface area contributed by atoms with Gasteiger partial charge in [-0.25, -0.2) is 0 Å². The van der Waals surface area contributed by atoms with Gasteiger partial charge >= 0.3 is 0 Å². The highest BCUT2D eigenvalue weighted by molar-refractivity contribution is 7.10. The third kappa shape index (κ3) is 0.754. The van der Waals surface area contributed by atoms with Crippen molar-refractivity contribution in [3.05, 3.63) is 41.3 Å². The summed E-state index contributed by atoms with van der Waals surface area (Å²) >= 11 is 0. The van der Waals surface area contributed by atoms with Crippen molar-refractivity contribution in [1.82, 2.24) is 0 Å². The smallest absolute Gasteiger partial charge is 0.0620 e. The van der Waals surface area contributed by atoms with E-state index in [2.05, 4.69) is 44.6 Å². The molecule has 0 bridgehead atoms. The van der Waals surface area contributed by atoms with Crippen LogP contribution in [0.2, 0.25) is 13.1 Å². The number of allylic oxidation sites excluding steroid dienone is 1. The average Bonchev–Trinajstić information content (AvgIpc) is 2.55. The monoisotopic (exact) mass is 199 g/mol. The normalized spacial score (nSPS) is 20.8. The highest BCUT2D eigenvalue weighted by Crippen LogP contribution is 2.47. The molecule has 71 valence electrons. The molecule has 14 heavy (non-hydrogen) atoms. The van der Waals surface area contributed by atoms with Crippen molar-refractivity contribution in [3.63, 3.8) is 0 Å². The molecule has 0 saturated heterocycles. The van der Waals surface area contributed by atoms with Gasteiger partial charge in [-0.2, -0.15) is 0 Å². The Balaban J connectivity index is 2.31. The molecule has 0 aromatic heterocycles. The van der Waals surface area contributed by atoms with Gasteiger partial charge in [0.05, 0.1) is 0 Å². The lowest BCUT2D eigenvalue weighted by Gasteiger charge is -2.39. The van der Waals surface area contributed by atoms with Gasteiger partial charge in [0.15, 0.2) is 0 Å². The zero-order valence-corrected chi connectivity index (χ0v) is 10.0. The van der Waals surface area contributed by atoms with E-state index >= 15 is 0 Å². The Morgan fingerprint density at radius 3 is 2.71 bits per heavy atom. The maximum Gasteiger partial charge on any atom is 0.113 e. The van der Waals surface area contributed by atoms with Gasteiger partial charge in [0.25, 0.3) is 0 Å². The van der Waals surface area contributed by atoms with Crippen LogP contribution in [0.25, 0.3) is 5.20 Å². The standard InChI is InChI=1S/C13H15Si/c1-4-9-8-10-6-5-7-11-12(10)13(9)14(11,2)3/h5-8H,4H2,1-3H3. The van der Waals surface area contributed by atoms with Crippen molar-refractivity contribution in [1.29, 1.82) is 0 Å². The highest BCUT2D eigenvalue weighted by Gasteiger charge is 2.46. The first-order valence-electron chi connectivity index (χ1n) is 5.38. The first-order chi connectivity index (χ1) is 6.66. The molecule has 1 aromatic rings. The molecule has 0 atom stereocenters. The second kappa shape index (κ2) is 2.40. The van der Waals surface area contributed by atoms with Gasteiger partial charge in [-0.1, -0.05) is 43.8 Å². The largest absolute Gasteiger partial charge is 0.113 e. The van der Waals surface area contributed by atoms with Crippen molar-refractivity contribution in [3.8, 4) is 0 Å². The number of benzene rings is 1. The molecule has 1 aliphatic heterocycles. The molecule has 1 heterocycles. The molecule has 0 fully saturated rings. The van der Waals surface area contributed by atoms with Crippen molar-refractivity contribution in [2.24, 2.45) is 0 Å². The van der Waals surface area contributed by atoms with Crippen molar-refractivity contribution >= 4 is 18.5 Å². The van der Waals surface area contributed by atoms with E-state index in [9.17, 15) is 0 Å². The summed E-state index contributed by atoms with van der Waals surface area (Å²) in [5.41, 5.74) is 4.68. The maximum absolute atomic E-state index is 2.48. The van der Waals surface area contributed by atoms with E-state index in [1.54, 1.807) is 21.5 Å². The van der Waals surface area contributed by atoms with E-state index in [1.165, 1.54) is 12.0 Å². The summed E-state index contributed by atoms with van der Waals surface area (Å²) in [4.78, 5) is 0. The molecule has 0 saturated carbocycles. The summed E-state index contributed by atoms with van der Waals surface area (Å²) in [6.07, 6.45) is 3.59. The molecule has 3 rings (SSSR count). The minimum atomic E-state index is -1.18. The van der Waals surface area contributed by atoms with Crippen molar-refractivity contribution < 1.29 is 0 Å². The van der Waals surface area contributed by atoms with E-state index < -0.39 is 8.07 Å². The van der Waals surface area contributed by atoms with Crippen molar-refractivity contribution in [2.45, 2.75) is 26.4 Å². The van der Waals surface area contributed by atoms with E-state index in [0.717, 1.165) is 0 Å². The lowest BCUT2D eigenvalue weighted by atomic mass is 10.1. The predicted octanol–water partition coefficient (Wildman–Crippen LogP) is 2.88. The fourth-order valence-corrected chi connectivity index (χ4v) is 6.42. The lowest BCUT2D eigenvalue weighted by Crippen LogP contribution is -2.54. The summed E-state index contributed by atoms with van der Waals surface area (Å²) in [5.74, 6) is 0. The van der Waals surface area contributed by atoms with Gasteiger partial charge in [0, 0.05) is 6.42 Å². The van der Waals surface area contributed by atoms with Gasteiger partial charge in [0.2, 0.25) is 0 Å². The SMILES string of the molecule is CCC1=C2c3c(cccc3[Si]2(C)C)[CH]1. The Morgan fingerprint density at radius 2 is 2.00 bits per heavy atom. The minimum absolute atomic E-state index is 1.18. The topological polar surface area (TPSA) is 0 Å². The van der Waals surface area contributed by atoms with Crippen LogP contribution >= 0.6 is 0 Å². The number of rotatable bonds is 1. The molecule has 0 N–H and O–H groups in total. The fourth-order valence-electron chi connectivity index (χ4n) is 2.98. The van der Waals surface area contributed by atoms with E-state index in [-0.39, 0.29) is 0 Å². The molecule has 1 aliphatic carbocycles. The lowest BCUT2D eigenvalue weighted by molar-refractivity contribution is 1.14. The second-order valence-corrected chi connectivity index (χ2v) is 9.08. The summed E-state index contributed by atoms with van der Waals surface area (Å²) in [6.45, 7) is 7.22. The Bertz CT molecular complexity index is 452. The second-order valence-electron chi connectivity index (χ2n) is 4.79.